The lowest BCUT2D eigenvalue weighted by Crippen LogP contribution is -1.89. The van der Waals surface area contributed by atoms with E-state index in [1.54, 1.807) is 6.07 Å². The lowest BCUT2D eigenvalue weighted by atomic mass is 10.0. The Kier molecular flexibility index (Phi) is 3.89. The van der Waals surface area contributed by atoms with Gasteiger partial charge in [-0.15, -0.1) is 0 Å². The molecular formula is C19H11Cl2N3. The number of nitrogens with zero attached hydrogens (tertiary/aromatic N) is 3. The van der Waals surface area contributed by atoms with Crippen LogP contribution in [-0.4, -0.2) is 15.0 Å². The minimum atomic E-state index is 0.139. The predicted octanol–water partition coefficient (Wildman–Crippen LogP) is 5.67. The smallest absolute Gasteiger partial charge is 0.224 e. The number of benzene rings is 2. The van der Waals surface area contributed by atoms with Crippen molar-refractivity contribution < 1.29 is 0 Å². The standard InChI is InChI=1S/C19H11Cl2N3/c20-18-10-17(23-19(21)24-18)13-7-5-12(6-8-13)15-9-14-3-1-2-4-16(14)22-11-15/h1-11H. The first kappa shape index (κ1) is 15.1. The van der Waals surface area contributed by atoms with Crippen LogP contribution in [0.2, 0.25) is 10.4 Å². The molecule has 0 N–H and O–H groups in total. The average molecular weight is 352 g/mol. The number of pyridine rings is 1. The van der Waals surface area contributed by atoms with Gasteiger partial charge in [-0.05, 0) is 29.3 Å². The van der Waals surface area contributed by atoms with Crippen molar-refractivity contribution in [3.63, 3.8) is 0 Å². The number of para-hydroxylation sites is 1. The summed E-state index contributed by atoms with van der Waals surface area (Å²) in [5.41, 5.74) is 4.77. The molecule has 5 heteroatoms. The second kappa shape index (κ2) is 6.19. The second-order valence-electron chi connectivity index (χ2n) is 5.34. The zero-order valence-corrected chi connectivity index (χ0v) is 14.0. The van der Waals surface area contributed by atoms with Gasteiger partial charge in [-0.25, -0.2) is 9.97 Å². The normalized spacial score (nSPS) is 10.9. The van der Waals surface area contributed by atoms with Crippen LogP contribution in [0.1, 0.15) is 0 Å². The van der Waals surface area contributed by atoms with Gasteiger partial charge < -0.3 is 0 Å². The van der Waals surface area contributed by atoms with E-state index < -0.39 is 0 Å². The molecule has 0 spiro atoms. The Morgan fingerprint density at radius 2 is 1.46 bits per heavy atom. The Hall–Kier alpha value is -2.49. The van der Waals surface area contributed by atoms with Crippen LogP contribution in [0.4, 0.5) is 0 Å². The van der Waals surface area contributed by atoms with Crippen molar-refractivity contribution in [2.45, 2.75) is 0 Å². The molecule has 3 nitrogen and oxygen atoms in total. The third-order valence-electron chi connectivity index (χ3n) is 3.77. The number of hydrogen-bond acceptors (Lipinski definition) is 3. The monoisotopic (exact) mass is 351 g/mol. The van der Waals surface area contributed by atoms with Gasteiger partial charge in [0.2, 0.25) is 5.28 Å². The molecule has 0 aliphatic heterocycles. The van der Waals surface area contributed by atoms with E-state index in [-0.39, 0.29) is 5.28 Å². The summed E-state index contributed by atoms with van der Waals surface area (Å²) in [6.45, 7) is 0. The fraction of sp³-hybridized carbons (Fsp3) is 0. The van der Waals surface area contributed by atoms with Crippen LogP contribution < -0.4 is 0 Å². The number of halogens is 2. The first-order valence-electron chi connectivity index (χ1n) is 7.35. The third kappa shape index (κ3) is 2.96. The maximum Gasteiger partial charge on any atom is 0.224 e. The molecule has 0 saturated heterocycles. The molecule has 0 unspecified atom stereocenters. The van der Waals surface area contributed by atoms with Crippen molar-refractivity contribution in [2.24, 2.45) is 0 Å². The minimum Gasteiger partial charge on any atom is -0.256 e. The van der Waals surface area contributed by atoms with Gasteiger partial charge in [0.1, 0.15) is 5.15 Å². The highest BCUT2D eigenvalue weighted by Gasteiger charge is 2.06. The molecule has 24 heavy (non-hydrogen) atoms. The van der Waals surface area contributed by atoms with Gasteiger partial charge in [-0.2, -0.15) is 0 Å². The molecule has 0 fully saturated rings. The van der Waals surface area contributed by atoms with Crippen molar-refractivity contribution in [3.05, 3.63) is 77.3 Å². The van der Waals surface area contributed by atoms with Crippen molar-refractivity contribution in [1.29, 1.82) is 0 Å². The fourth-order valence-electron chi connectivity index (χ4n) is 2.60. The summed E-state index contributed by atoms with van der Waals surface area (Å²) < 4.78 is 0. The Bertz CT molecular complexity index is 1010. The highest BCUT2D eigenvalue weighted by molar-refractivity contribution is 6.32. The summed E-state index contributed by atoms with van der Waals surface area (Å²) in [6, 6.07) is 19.9. The summed E-state index contributed by atoms with van der Waals surface area (Å²) in [6.07, 6.45) is 1.88. The summed E-state index contributed by atoms with van der Waals surface area (Å²) in [7, 11) is 0. The molecule has 2 aromatic heterocycles. The van der Waals surface area contributed by atoms with Gasteiger partial charge in [0, 0.05) is 28.8 Å². The van der Waals surface area contributed by atoms with E-state index in [0.717, 1.165) is 27.6 Å². The number of rotatable bonds is 2. The number of fused-ring (bicyclic) bond motifs is 1. The van der Waals surface area contributed by atoms with Crippen LogP contribution in [0.3, 0.4) is 0 Å². The van der Waals surface area contributed by atoms with Gasteiger partial charge in [0.25, 0.3) is 0 Å². The molecule has 0 aliphatic carbocycles. The van der Waals surface area contributed by atoms with Gasteiger partial charge in [-0.3, -0.25) is 4.98 Å². The Labute approximate surface area is 148 Å². The molecule has 0 atom stereocenters. The highest BCUT2D eigenvalue weighted by atomic mass is 35.5. The molecule has 4 aromatic rings. The van der Waals surface area contributed by atoms with E-state index in [0.29, 0.717) is 10.8 Å². The largest absolute Gasteiger partial charge is 0.256 e. The molecule has 2 aromatic carbocycles. The lowest BCUT2D eigenvalue weighted by Gasteiger charge is -2.06. The predicted molar refractivity (Wildman–Crippen MR) is 98.2 cm³/mol. The Morgan fingerprint density at radius 1 is 0.708 bits per heavy atom. The highest BCUT2D eigenvalue weighted by Crippen LogP contribution is 2.27. The lowest BCUT2D eigenvalue weighted by molar-refractivity contribution is 1.17. The number of aromatic nitrogens is 3. The van der Waals surface area contributed by atoms with Crippen molar-refractivity contribution in [3.8, 4) is 22.4 Å². The first-order valence-corrected chi connectivity index (χ1v) is 8.10. The molecule has 0 radical (unpaired) electrons. The van der Waals surface area contributed by atoms with Crippen LogP contribution in [0.15, 0.2) is 66.9 Å². The van der Waals surface area contributed by atoms with Crippen LogP contribution in [-0.2, 0) is 0 Å². The molecule has 0 aliphatic rings. The summed E-state index contributed by atoms with van der Waals surface area (Å²) in [5.74, 6) is 0. The molecule has 2 heterocycles. The van der Waals surface area contributed by atoms with Gasteiger partial charge in [0.15, 0.2) is 0 Å². The van der Waals surface area contributed by atoms with E-state index in [1.165, 1.54) is 0 Å². The van der Waals surface area contributed by atoms with Crippen molar-refractivity contribution in [2.75, 3.05) is 0 Å². The molecule has 0 amide bonds. The van der Waals surface area contributed by atoms with E-state index >= 15 is 0 Å². The minimum absolute atomic E-state index is 0.139. The SMILES string of the molecule is Clc1cc(-c2ccc(-c3cnc4ccccc4c3)cc2)nc(Cl)n1. The van der Waals surface area contributed by atoms with Crippen molar-refractivity contribution >= 4 is 34.1 Å². The molecule has 0 bridgehead atoms. The van der Waals surface area contributed by atoms with Crippen molar-refractivity contribution in [1.82, 2.24) is 15.0 Å². The third-order valence-corrected chi connectivity index (χ3v) is 4.13. The molecular weight excluding hydrogens is 341 g/mol. The van der Waals surface area contributed by atoms with E-state index in [4.69, 9.17) is 23.2 Å². The van der Waals surface area contributed by atoms with Gasteiger partial charge in [0.05, 0.1) is 11.2 Å². The Balaban J connectivity index is 1.72. The topological polar surface area (TPSA) is 38.7 Å². The van der Waals surface area contributed by atoms with E-state index in [1.807, 2.05) is 48.7 Å². The molecule has 116 valence electrons. The zero-order valence-electron chi connectivity index (χ0n) is 12.4. The maximum absolute atomic E-state index is 5.94. The Morgan fingerprint density at radius 3 is 2.25 bits per heavy atom. The van der Waals surface area contributed by atoms with Crippen LogP contribution in [0.25, 0.3) is 33.3 Å². The zero-order chi connectivity index (χ0) is 16.5. The molecule has 0 saturated carbocycles. The molecule has 4 rings (SSSR count). The quantitative estimate of drug-likeness (QED) is 0.345. The summed E-state index contributed by atoms with van der Waals surface area (Å²) in [5, 5.41) is 1.58. The van der Waals surface area contributed by atoms with Crippen LogP contribution in [0, 0.1) is 0 Å². The van der Waals surface area contributed by atoms with E-state index in [9.17, 15) is 0 Å². The van der Waals surface area contributed by atoms with Gasteiger partial charge >= 0.3 is 0 Å². The summed E-state index contributed by atoms with van der Waals surface area (Å²) in [4.78, 5) is 12.6. The van der Waals surface area contributed by atoms with Gasteiger partial charge in [-0.1, -0.05) is 54.1 Å². The van der Waals surface area contributed by atoms with Crippen LogP contribution >= 0.6 is 23.2 Å². The second-order valence-corrected chi connectivity index (χ2v) is 6.06. The average Bonchev–Trinajstić information content (AvgIpc) is 2.61. The van der Waals surface area contributed by atoms with Crippen LogP contribution in [0.5, 0.6) is 0 Å². The maximum atomic E-state index is 5.94. The van der Waals surface area contributed by atoms with E-state index in [2.05, 4.69) is 27.1 Å². The summed E-state index contributed by atoms with van der Waals surface area (Å²) >= 11 is 11.8. The fourth-order valence-corrected chi connectivity index (χ4v) is 3.01. The first-order chi connectivity index (χ1) is 11.7. The number of hydrogen-bond donors (Lipinski definition) is 0.